The Balaban J connectivity index is 1.63. The number of hydrogen-bond donors (Lipinski definition) is 2. The van der Waals surface area contributed by atoms with Crippen molar-refractivity contribution < 1.29 is 13.6 Å². The van der Waals surface area contributed by atoms with Gasteiger partial charge in [0.1, 0.15) is 0 Å². The number of rotatable bonds is 4. The summed E-state index contributed by atoms with van der Waals surface area (Å²) in [4.78, 5) is 12.1. The van der Waals surface area contributed by atoms with Gasteiger partial charge in [-0.15, -0.1) is 0 Å². The Morgan fingerprint density at radius 2 is 1.58 bits per heavy atom. The lowest BCUT2D eigenvalue weighted by Gasteiger charge is -2.23. The summed E-state index contributed by atoms with van der Waals surface area (Å²) in [6.07, 6.45) is 6.17. The molecule has 24 heavy (non-hydrogen) atoms. The molecular weight excluding hydrogens is 310 g/mol. The van der Waals surface area contributed by atoms with E-state index < -0.39 is 17.5 Å². The number of carbonyl (C=O) groups excluding carboxylic acids is 1. The van der Waals surface area contributed by atoms with Crippen LogP contribution in [0.5, 0.6) is 0 Å². The van der Waals surface area contributed by atoms with E-state index in [0.717, 1.165) is 11.8 Å². The Hall–Kier alpha value is -2.43. The number of halogens is 2. The van der Waals surface area contributed by atoms with Gasteiger partial charge in [0.2, 0.25) is 0 Å². The van der Waals surface area contributed by atoms with E-state index in [0.29, 0.717) is 11.7 Å². The first-order valence-corrected chi connectivity index (χ1v) is 8.25. The molecule has 2 aromatic carbocycles. The predicted octanol–water partition coefficient (Wildman–Crippen LogP) is 4.96. The number of nitrogens with one attached hydrogen (secondary N) is 2. The second kappa shape index (κ2) is 7.43. The molecular formula is C19H20F2N2O. The van der Waals surface area contributed by atoms with Crippen LogP contribution in [0.15, 0.2) is 42.5 Å². The van der Waals surface area contributed by atoms with Crippen LogP contribution in [0.2, 0.25) is 0 Å². The summed E-state index contributed by atoms with van der Waals surface area (Å²) in [7, 11) is 0. The van der Waals surface area contributed by atoms with E-state index in [1.807, 2.05) is 12.1 Å². The highest BCUT2D eigenvalue weighted by Crippen LogP contribution is 2.23. The standard InChI is InChI=1S/C19H20F2N2O/c20-17-8-4-7-16(18(17)21)19(24)23-15-11-9-14(10-12-15)22-13-5-2-1-3-6-13/h4,7-13,22H,1-3,5-6H2,(H,23,24). The third-order valence-electron chi connectivity index (χ3n) is 4.31. The van der Waals surface area contributed by atoms with Crippen molar-refractivity contribution in [3.05, 3.63) is 59.7 Å². The summed E-state index contributed by atoms with van der Waals surface area (Å²) in [5.41, 5.74) is 1.23. The molecule has 0 bridgehead atoms. The van der Waals surface area contributed by atoms with Crippen LogP contribution in [-0.4, -0.2) is 11.9 Å². The average molecular weight is 330 g/mol. The van der Waals surface area contributed by atoms with Gasteiger partial charge in [0, 0.05) is 17.4 Å². The van der Waals surface area contributed by atoms with Gasteiger partial charge in [0.25, 0.3) is 5.91 Å². The Morgan fingerprint density at radius 1 is 0.917 bits per heavy atom. The lowest BCUT2D eigenvalue weighted by molar-refractivity contribution is 0.102. The zero-order chi connectivity index (χ0) is 16.9. The summed E-state index contributed by atoms with van der Waals surface area (Å²) < 4.78 is 26.8. The maximum Gasteiger partial charge on any atom is 0.258 e. The molecule has 3 nitrogen and oxygen atoms in total. The van der Waals surface area contributed by atoms with Crippen LogP contribution in [-0.2, 0) is 0 Å². The Morgan fingerprint density at radius 3 is 2.29 bits per heavy atom. The highest BCUT2D eigenvalue weighted by atomic mass is 19.2. The monoisotopic (exact) mass is 330 g/mol. The molecule has 0 radical (unpaired) electrons. The van der Waals surface area contributed by atoms with Crippen LogP contribution in [0.3, 0.4) is 0 Å². The van der Waals surface area contributed by atoms with Crippen LogP contribution in [0.1, 0.15) is 42.5 Å². The summed E-state index contributed by atoms with van der Waals surface area (Å²) >= 11 is 0. The zero-order valence-electron chi connectivity index (χ0n) is 13.3. The van der Waals surface area contributed by atoms with Gasteiger partial charge in [-0.2, -0.15) is 0 Å². The minimum absolute atomic E-state index is 0.306. The van der Waals surface area contributed by atoms with E-state index in [1.54, 1.807) is 12.1 Å². The molecule has 0 spiro atoms. The van der Waals surface area contributed by atoms with Crippen LogP contribution >= 0.6 is 0 Å². The van der Waals surface area contributed by atoms with Gasteiger partial charge in [-0.1, -0.05) is 25.3 Å². The molecule has 0 atom stereocenters. The number of anilines is 2. The Labute approximate surface area is 140 Å². The van der Waals surface area contributed by atoms with Crippen LogP contribution in [0, 0.1) is 11.6 Å². The first kappa shape index (κ1) is 16.4. The number of benzene rings is 2. The minimum atomic E-state index is -1.13. The van der Waals surface area contributed by atoms with Gasteiger partial charge in [-0.05, 0) is 49.2 Å². The molecule has 3 rings (SSSR count). The fourth-order valence-electron chi connectivity index (χ4n) is 3.01. The van der Waals surface area contributed by atoms with Crippen molar-refractivity contribution in [3.8, 4) is 0 Å². The molecule has 5 heteroatoms. The fraction of sp³-hybridized carbons (Fsp3) is 0.316. The highest BCUT2D eigenvalue weighted by Gasteiger charge is 2.15. The molecule has 0 aromatic heterocycles. The smallest absolute Gasteiger partial charge is 0.258 e. The highest BCUT2D eigenvalue weighted by molar-refractivity contribution is 6.04. The largest absolute Gasteiger partial charge is 0.382 e. The van der Waals surface area contributed by atoms with Crippen LogP contribution in [0.4, 0.5) is 20.2 Å². The third-order valence-corrected chi connectivity index (χ3v) is 4.31. The van der Waals surface area contributed by atoms with E-state index in [4.69, 9.17) is 0 Å². The predicted molar refractivity (Wildman–Crippen MR) is 91.2 cm³/mol. The van der Waals surface area contributed by atoms with E-state index >= 15 is 0 Å². The molecule has 1 fully saturated rings. The van der Waals surface area contributed by atoms with E-state index in [2.05, 4.69) is 10.6 Å². The van der Waals surface area contributed by atoms with Gasteiger partial charge in [-0.25, -0.2) is 8.78 Å². The normalized spacial score (nSPS) is 15.1. The zero-order valence-corrected chi connectivity index (χ0v) is 13.3. The lowest BCUT2D eigenvalue weighted by Crippen LogP contribution is -2.22. The van der Waals surface area contributed by atoms with E-state index in [-0.39, 0.29) is 5.56 Å². The molecule has 2 aromatic rings. The first-order valence-electron chi connectivity index (χ1n) is 8.25. The SMILES string of the molecule is O=C(Nc1ccc(NC2CCCCC2)cc1)c1cccc(F)c1F. The van der Waals surface area contributed by atoms with Crippen molar-refractivity contribution in [2.45, 2.75) is 38.1 Å². The lowest BCUT2D eigenvalue weighted by atomic mass is 9.95. The third kappa shape index (κ3) is 3.91. The van der Waals surface area contributed by atoms with Crippen molar-refractivity contribution in [3.63, 3.8) is 0 Å². The molecule has 0 unspecified atom stereocenters. The topological polar surface area (TPSA) is 41.1 Å². The van der Waals surface area contributed by atoms with Gasteiger partial charge in [0.05, 0.1) is 5.56 Å². The molecule has 126 valence electrons. The second-order valence-electron chi connectivity index (χ2n) is 6.11. The van der Waals surface area contributed by atoms with Gasteiger partial charge in [0.15, 0.2) is 11.6 Å². The van der Waals surface area contributed by atoms with Crippen molar-refractivity contribution in [1.82, 2.24) is 0 Å². The molecule has 1 aliphatic rings. The minimum Gasteiger partial charge on any atom is -0.382 e. The molecule has 2 N–H and O–H groups in total. The van der Waals surface area contributed by atoms with Crippen molar-refractivity contribution in [2.75, 3.05) is 10.6 Å². The number of hydrogen-bond acceptors (Lipinski definition) is 2. The van der Waals surface area contributed by atoms with Gasteiger partial charge in [-0.3, -0.25) is 4.79 Å². The summed E-state index contributed by atoms with van der Waals surface area (Å²) in [5.74, 6) is -2.83. The Bertz CT molecular complexity index is 710. The second-order valence-corrected chi connectivity index (χ2v) is 6.11. The van der Waals surface area contributed by atoms with Gasteiger partial charge < -0.3 is 10.6 Å². The average Bonchev–Trinajstić information content (AvgIpc) is 2.60. The number of amides is 1. The molecule has 1 aliphatic carbocycles. The van der Waals surface area contributed by atoms with Crippen molar-refractivity contribution in [1.29, 1.82) is 0 Å². The van der Waals surface area contributed by atoms with Crippen molar-refractivity contribution in [2.24, 2.45) is 0 Å². The molecule has 1 amide bonds. The molecule has 0 aliphatic heterocycles. The summed E-state index contributed by atoms with van der Waals surface area (Å²) in [6.45, 7) is 0. The number of carbonyl (C=O) groups is 1. The quantitative estimate of drug-likeness (QED) is 0.832. The maximum absolute atomic E-state index is 13.6. The summed E-state index contributed by atoms with van der Waals surface area (Å²) in [5, 5.41) is 6.07. The Kier molecular flexibility index (Phi) is 5.08. The summed E-state index contributed by atoms with van der Waals surface area (Å²) in [6, 6.07) is 11.3. The molecule has 1 saturated carbocycles. The van der Waals surface area contributed by atoms with Crippen molar-refractivity contribution >= 4 is 17.3 Å². The van der Waals surface area contributed by atoms with E-state index in [9.17, 15) is 13.6 Å². The molecule has 0 saturated heterocycles. The van der Waals surface area contributed by atoms with Crippen LogP contribution < -0.4 is 10.6 Å². The fourth-order valence-corrected chi connectivity index (χ4v) is 3.01. The molecule has 0 heterocycles. The van der Waals surface area contributed by atoms with E-state index in [1.165, 1.54) is 44.2 Å². The first-order chi connectivity index (χ1) is 11.6. The maximum atomic E-state index is 13.6. The van der Waals surface area contributed by atoms with Gasteiger partial charge >= 0.3 is 0 Å². The van der Waals surface area contributed by atoms with Crippen LogP contribution in [0.25, 0.3) is 0 Å².